The number of hydrogen-bond acceptors (Lipinski definition) is 5. The first-order valence-corrected chi connectivity index (χ1v) is 8.89. The number of aromatic nitrogens is 2. The fourth-order valence-corrected chi connectivity index (χ4v) is 3.69. The highest BCUT2D eigenvalue weighted by Gasteiger charge is 2.42. The number of carbonyl (C=O) groups is 1. The van der Waals surface area contributed by atoms with Gasteiger partial charge >= 0.3 is 5.97 Å². The van der Waals surface area contributed by atoms with Crippen LogP contribution in [0.1, 0.15) is 36.8 Å². The second-order valence-corrected chi connectivity index (χ2v) is 7.14. The molecule has 136 valence electrons. The van der Waals surface area contributed by atoms with Crippen molar-refractivity contribution in [1.82, 2.24) is 14.9 Å². The van der Waals surface area contributed by atoms with Crippen LogP contribution < -0.4 is 5.32 Å². The largest absolute Gasteiger partial charge is 0.468 e. The predicted octanol–water partition coefficient (Wildman–Crippen LogP) is 2.09. The predicted molar refractivity (Wildman–Crippen MR) is 96.4 cm³/mol. The molecule has 6 nitrogen and oxygen atoms in total. The molecule has 1 aliphatic carbocycles. The van der Waals surface area contributed by atoms with Crippen molar-refractivity contribution in [1.29, 1.82) is 0 Å². The topological polar surface area (TPSA) is 76.4 Å². The molecule has 3 rings (SSSR count). The lowest BCUT2D eigenvalue weighted by Gasteiger charge is -2.28. The zero-order valence-electron chi connectivity index (χ0n) is 15.2. The zero-order chi connectivity index (χ0) is 18.0. The molecule has 0 radical (unpaired) electrons. The van der Waals surface area contributed by atoms with E-state index in [-0.39, 0.29) is 5.97 Å². The summed E-state index contributed by atoms with van der Waals surface area (Å²) in [6.45, 7) is 4.92. The lowest BCUT2D eigenvalue weighted by Crippen LogP contribution is -2.53. The Labute approximate surface area is 148 Å². The molecule has 6 heteroatoms. The standard InChI is InChI=1S/C19H27N3O3/c1-13-8-16-17(9-14(13)2)22(12-20-16)11-15(23)10-21-19(18(24)25-3)6-4-5-7-19/h8-9,12,15,21,23H,4-7,10-11H2,1-3H3. The first-order chi connectivity index (χ1) is 11.9. The lowest BCUT2D eigenvalue weighted by atomic mass is 9.97. The highest BCUT2D eigenvalue weighted by atomic mass is 16.5. The third-order valence-corrected chi connectivity index (χ3v) is 5.35. The Bertz CT molecular complexity index is 763. The molecular weight excluding hydrogens is 318 g/mol. The lowest BCUT2D eigenvalue weighted by molar-refractivity contribution is -0.148. The van der Waals surface area contributed by atoms with Gasteiger partial charge in [0.15, 0.2) is 0 Å². The summed E-state index contributed by atoms with van der Waals surface area (Å²) in [5.74, 6) is -0.226. The van der Waals surface area contributed by atoms with E-state index in [0.29, 0.717) is 13.1 Å². The van der Waals surface area contributed by atoms with E-state index in [1.165, 1.54) is 18.2 Å². The van der Waals surface area contributed by atoms with E-state index in [9.17, 15) is 9.90 Å². The van der Waals surface area contributed by atoms with Gasteiger partial charge in [-0.05, 0) is 49.9 Å². The van der Waals surface area contributed by atoms with Gasteiger partial charge in [-0.15, -0.1) is 0 Å². The SMILES string of the molecule is COC(=O)C1(NCC(O)Cn2cnc3cc(C)c(C)cc32)CCCC1. The van der Waals surface area contributed by atoms with Gasteiger partial charge in [0.05, 0.1) is 37.1 Å². The number of benzene rings is 1. The molecule has 1 saturated carbocycles. The molecule has 1 atom stereocenters. The Hall–Kier alpha value is -1.92. The first kappa shape index (κ1) is 17.9. The minimum absolute atomic E-state index is 0.226. The molecule has 25 heavy (non-hydrogen) atoms. The molecule has 1 aliphatic rings. The molecule has 1 heterocycles. The van der Waals surface area contributed by atoms with Gasteiger partial charge < -0.3 is 14.4 Å². The maximum absolute atomic E-state index is 12.1. The van der Waals surface area contributed by atoms with Gasteiger partial charge in [-0.1, -0.05) is 12.8 Å². The molecule has 1 unspecified atom stereocenters. The minimum Gasteiger partial charge on any atom is -0.468 e. The second-order valence-electron chi connectivity index (χ2n) is 7.14. The number of aliphatic hydroxyl groups excluding tert-OH is 1. The Morgan fingerprint density at radius 3 is 2.72 bits per heavy atom. The molecule has 2 N–H and O–H groups in total. The molecule has 0 spiro atoms. The van der Waals surface area contributed by atoms with Crippen molar-refractivity contribution >= 4 is 17.0 Å². The van der Waals surface area contributed by atoms with Gasteiger partial charge in [0, 0.05) is 6.54 Å². The Balaban J connectivity index is 1.67. The molecule has 1 fully saturated rings. The molecule has 2 aromatic rings. The average molecular weight is 345 g/mol. The normalized spacial score (nSPS) is 17.8. The molecule has 0 bridgehead atoms. The number of fused-ring (bicyclic) bond motifs is 1. The Morgan fingerprint density at radius 2 is 2.04 bits per heavy atom. The summed E-state index contributed by atoms with van der Waals surface area (Å²) < 4.78 is 6.93. The van der Waals surface area contributed by atoms with Crippen molar-refractivity contribution in [3.63, 3.8) is 0 Å². The van der Waals surface area contributed by atoms with Crippen LogP contribution in [-0.2, 0) is 16.1 Å². The number of hydrogen-bond donors (Lipinski definition) is 2. The van der Waals surface area contributed by atoms with Gasteiger partial charge in [-0.25, -0.2) is 4.98 Å². The van der Waals surface area contributed by atoms with E-state index in [0.717, 1.165) is 36.7 Å². The third kappa shape index (κ3) is 3.55. The fourth-order valence-electron chi connectivity index (χ4n) is 3.69. The van der Waals surface area contributed by atoms with Crippen molar-refractivity contribution in [3.05, 3.63) is 29.6 Å². The second kappa shape index (κ2) is 7.14. The summed E-state index contributed by atoms with van der Waals surface area (Å²) in [4.78, 5) is 16.6. The van der Waals surface area contributed by atoms with E-state index >= 15 is 0 Å². The van der Waals surface area contributed by atoms with Gasteiger partial charge in [0.2, 0.25) is 0 Å². The molecule has 1 aromatic heterocycles. The van der Waals surface area contributed by atoms with Crippen LogP contribution in [0.4, 0.5) is 0 Å². The molecule has 0 aliphatic heterocycles. The number of nitrogens with zero attached hydrogens (tertiary/aromatic N) is 2. The quantitative estimate of drug-likeness (QED) is 0.784. The maximum Gasteiger partial charge on any atom is 0.326 e. The number of nitrogens with one attached hydrogen (secondary N) is 1. The number of carbonyl (C=O) groups excluding carboxylic acids is 1. The van der Waals surface area contributed by atoms with Crippen LogP contribution in [0, 0.1) is 13.8 Å². The number of esters is 1. The smallest absolute Gasteiger partial charge is 0.326 e. The molecule has 1 aromatic carbocycles. The molecule has 0 saturated heterocycles. The number of rotatable bonds is 6. The van der Waals surface area contributed by atoms with Crippen LogP contribution in [0.5, 0.6) is 0 Å². The van der Waals surface area contributed by atoms with E-state index in [2.05, 4.69) is 36.3 Å². The highest BCUT2D eigenvalue weighted by molar-refractivity contribution is 5.81. The number of ether oxygens (including phenoxy) is 1. The van der Waals surface area contributed by atoms with E-state index in [1.54, 1.807) is 6.33 Å². The molecular formula is C19H27N3O3. The summed E-state index contributed by atoms with van der Waals surface area (Å²) in [6, 6.07) is 4.17. The van der Waals surface area contributed by atoms with Crippen LogP contribution in [0.2, 0.25) is 0 Å². The maximum atomic E-state index is 12.1. The number of aryl methyl sites for hydroxylation is 2. The van der Waals surface area contributed by atoms with Crippen molar-refractivity contribution in [2.45, 2.75) is 57.7 Å². The summed E-state index contributed by atoms with van der Waals surface area (Å²) in [7, 11) is 1.42. The summed E-state index contributed by atoms with van der Waals surface area (Å²) in [5.41, 5.74) is 3.73. The van der Waals surface area contributed by atoms with Gasteiger partial charge in [0.25, 0.3) is 0 Å². The Kier molecular flexibility index (Phi) is 5.11. The summed E-state index contributed by atoms with van der Waals surface area (Å²) in [6.07, 6.45) is 4.68. The first-order valence-electron chi connectivity index (χ1n) is 8.89. The summed E-state index contributed by atoms with van der Waals surface area (Å²) in [5, 5.41) is 13.7. The van der Waals surface area contributed by atoms with Gasteiger partial charge in [-0.2, -0.15) is 0 Å². The van der Waals surface area contributed by atoms with Crippen LogP contribution in [-0.4, -0.2) is 45.9 Å². The van der Waals surface area contributed by atoms with E-state index in [4.69, 9.17) is 4.74 Å². The van der Waals surface area contributed by atoms with Gasteiger partial charge in [-0.3, -0.25) is 10.1 Å². The number of imidazole rings is 1. The number of methoxy groups -OCH3 is 1. The highest BCUT2D eigenvalue weighted by Crippen LogP contribution is 2.30. The minimum atomic E-state index is -0.638. The molecule has 0 amide bonds. The number of β-amino-alcohol motifs (C(OH)–C–C–N with tert-alkyl or cyclic N) is 1. The van der Waals surface area contributed by atoms with Crippen molar-refractivity contribution in [2.24, 2.45) is 0 Å². The third-order valence-electron chi connectivity index (χ3n) is 5.35. The fraction of sp³-hybridized carbons (Fsp3) is 0.579. The number of aliphatic hydroxyl groups is 1. The van der Waals surface area contributed by atoms with E-state index < -0.39 is 11.6 Å². The van der Waals surface area contributed by atoms with Crippen molar-refractivity contribution in [3.8, 4) is 0 Å². The monoisotopic (exact) mass is 345 g/mol. The van der Waals surface area contributed by atoms with Crippen LogP contribution in [0.3, 0.4) is 0 Å². The van der Waals surface area contributed by atoms with Gasteiger partial charge in [0.1, 0.15) is 5.54 Å². The summed E-state index contributed by atoms with van der Waals surface area (Å²) >= 11 is 0. The Morgan fingerprint density at radius 1 is 1.36 bits per heavy atom. The van der Waals surface area contributed by atoms with Crippen LogP contribution >= 0.6 is 0 Å². The van der Waals surface area contributed by atoms with Crippen LogP contribution in [0.15, 0.2) is 18.5 Å². The van der Waals surface area contributed by atoms with Crippen LogP contribution in [0.25, 0.3) is 11.0 Å². The van der Waals surface area contributed by atoms with E-state index in [1.807, 2.05) is 4.57 Å². The average Bonchev–Trinajstić information content (AvgIpc) is 3.22. The van der Waals surface area contributed by atoms with Crippen molar-refractivity contribution in [2.75, 3.05) is 13.7 Å². The zero-order valence-corrected chi connectivity index (χ0v) is 15.2. The van der Waals surface area contributed by atoms with Crippen molar-refractivity contribution < 1.29 is 14.6 Å².